The summed E-state index contributed by atoms with van der Waals surface area (Å²) in [5.41, 5.74) is 1.83. The normalized spacial score (nSPS) is 11.2. The first kappa shape index (κ1) is 32.9. The maximum absolute atomic E-state index is 12.6. The largest absolute Gasteiger partial charge is 0.457 e. The maximum Gasteiger partial charge on any atom is 0.149 e. The molecule has 2 rings (SSSR count). The molecule has 5 nitrogen and oxygen atoms in total. The first-order chi connectivity index (χ1) is 17.4. The van der Waals surface area contributed by atoms with Crippen molar-refractivity contribution in [2.75, 3.05) is 33.7 Å². The van der Waals surface area contributed by atoms with Crippen LogP contribution in [0.5, 0.6) is 11.5 Å². The number of carbonyl (C=O) groups excluding carboxylic acids is 1. The van der Waals surface area contributed by atoms with Gasteiger partial charge in [0.1, 0.15) is 23.6 Å². The van der Waals surface area contributed by atoms with Gasteiger partial charge < -0.3 is 15.0 Å². The van der Waals surface area contributed by atoms with E-state index in [1.165, 1.54) is 50.0 Å². The van der Waals surface area contributed by atoms with Gasteiger partial charge in [0.15, 0.2) is 0 Å². The number of allylic oxidation sites excluding steroid dienone is 3. The van der Waals surface area contributed by atoms with Gasteiger partial charge in [-0.15, -0.1) is 0 Å². The third-order valence-corrected chi connectivity index (χ3v) is 4.93. The second kappa shape index (κ2) is 22.4. The number of halogens is 1. The quantitative estimate of drug-likeness (QED) is 0.113. The lowest BCUT2D eigenvalue weighted by molar-refractivity contribution is -0.104. The second-order valence-electron chi connectivity index (χ2n) is 8.11. The third-order valence-electron chi connectivity index (χ3n) is 4.93. The van der Waals surface area contributed by atoms with Gasteiger partial charge in [0, 0.05) is 31.1 Å². The monoisotopic (exact) mass is 497 g/mol. The van der Waals surface area contributed by atoms with E-state index in [0.717, 1.165) is 18.6 Å². The number of rotatable bonds is 12. The predicted octanol–water partition coefficient (Wildman–Crippen LogP) is 6.99. The molecule has 0 atom stereocenters. The Kier molecular flexibility index (Phi) is 20.5. The van der Waals surface area contributed by atoms with Crippen LogP contribution in [0.15, 0.2) is 77.4 Å². The van der Waals surface area contributed by atoms with Gasteiger partial charge in [0.25, 0.3) is 0 Å². The average molecular weight is 498 g/mol. The van der Waals surface area contributed by atoms with Crippen LogP contribution in [0.3, 0.4) is 0 Å². The van der Waals surface area contributed by atoms with E-state index in [1.54, 1.807) is 36.7 Å². The first-order valence-corrected chi connectivity index (χ1v) is 12.5. The number of benzene rings is 2. The van der Waals surface area contributed by atoms with Gasteiger partial charge >= 0.3 is 0 Å². The summed E-state index contributed by atoms with van der Waals surface area (Å²) in [6.45, 7) is 11.4. The Balaban J connectivity index is 0.000000528. The third kappa shape index (κ3) is 18.3. The van der Waals surface area contributed by atoms with Crippen LogP contribution in [-0.2, 0) is 4.79 Å². The molecule has 6 heteroatoms. The Hall–Kier alpha value is -3.09. The maximum atomic E-state index is 12.6. The molecular weight excluding hydrogens is 453 g/mol. The molecule has 1 N–H and O–H groups in total. The molecule has 0 bridgehead atoms. The summed E-state index contributed by atoms with van der Waals surface area (Å²) in [7, 11) is 4.19. The van der Waals surface area contributed by atoms with E-state index >= 15 is 0 Å². The lowest BCUT2D eigenvalue weighted by Gasteiger charge is -2.15. The van der Waals surface area contributed by atoms with E-state index in [-0.39, 0.29) is 5.82 Å². The fraction of sp³-hybridized carbons (Fsp3) is 0.400. The zero-order valence-electron chi connectivity index (χ0n) is 22.8. The van der Waals surface area contributed by atoms with Crippen LogP contribution in [0.4, 0.5) is 4.39 Å². The van der Waals surface area contributed by atoms with E-state index in [2.05, 4.69) is 29.2 Å². The van der Waals surface area contributed by atoms with Crippen LogP contribution in [0.2, 0.25) is 0 Å². The number of ether oxygens (including phenoxy) is 1. The summed E-state index contributed by atoms with van der Waals surface area (Å²) >= 11 is 0. The summed E-state index contributed by atoms with van der Waals surface area (Å²) in [6, 6.07) is 13.7. The highest BCUT2D eigenvalue weighted by atomic mass is 19.1. The van der Waals surface area contributed by atoms with Gasteiger partial charge in [0.05, 0.1) is 0 Å². The number of likely N-dealkylation sites (N-methyl/N-ethyl adjacent to an activating group) is 2. The number of aldehydes is 1. The molecule has 2 aromatic rings. The molecule has 0 amide bonds. The van der Waals surface area contributed by atoms with Crippen molar-refractivity contribution in [3.63, 3.8) is 0 Å². The molecular formula is C30H44FN3O2. The van der Waals surface area contributed by atoms with E-state index in [0.29, 0.717) is 11.3 Å². The van der Waals surface area contributed by atoms with Crippen LogP contribution in [0.25, 0.3) is 0 Å². The molecule has 198 valence electrons. The molecule has 2 aromatic carbocycles. The van der Waals surface area contributed by atoms with Gasteiger partial charge in [0.2, 0.25) is 0 Å². The summed E-state index contributed by atoms with van der Waals surface area (Å²) in [5.74, 6) is 1.14. The molecule has 0 saturated carbocycles. The topological polar surface area (TPSA) is 53.9 Å². The summed E-state index contributed by atoms with van der Waals surface area (Å²) < 4.78 is 18.1. The number of hydrogen-bond acceptors (Lipinski definition) is 5. The highest BCUT2D eigenvalue weighted by Gasteiger charge is 1.97. The van der Waals surface area contributed by atoms with Crippen molar-refractivity contribution in [2.24, 2.45) is 4.99 Å². The average Bonchev–Trinajstić information content (AvgIpc) is 2.89. The van der Waals surface area contributed by atoms with Crippen molar-refractivity contribution < 1.29 is 13.9 Å². The molecule has 0 aromatic heterocycles. The van der Waals surface area contributed by atoms with Gasteiger partial charge in [-0.05, 0) is 90.3 Å². The lowest BCUT2D eigenvalue weighted by atomic mass is 10.2. The molecule has 36 heavy (non-hydrogen) atoms. The molecule has 0 aliphatic carbocycles. The Morgan fingerprint density at radius 1 is 1.03 bits per heavy atom. The highest BCUT2D eigenvalue weighted by Crippen LogP contribution is 2.21. The smallest absolute Gasteiger partial charge is 0.149 e. The van der Waals surface area contributed by atoms with E-state index in [1.807, 2.05) is 52.1 Å². The minimum Gasteiger partial charge on any atom is -0.457 e. The van der Waals surface area contributed by atoms with Crippen molar-refractivity contribution in [1.29, 1.82) is 0 Å². The number of unbranched alkanes of at least 4 members (excludes halogenated alkanes) is 2. The fourth-order valence-corrected chi connectivity index (χ4v) is 2.71. The second-order valence-corrected chi connectivity index (χ2v) is 8.11. The first-order valence-electron chi connectivity index (χ1n) is 12.5. The highest BCUT2D eigenvalue weighted by molar-refractivity contribution is 5.77. The van der Waals surface area contributed by atoms with Crippen LogP contribution in [0, 0.1) is 12.7 Å². The molecule has 0 unspecified atom stereocenters. The van der Waals surface area contributed by atoms with Crippen molar-refractivity contribution >= 4 is 12.5 Å². The molecule has 0 saturated heterocycles. The van der Waals surface area contributed by atoms with E-state index in [4.69, 9.17) is 4.74 Å². The van der Waals surface area contributed by atoms with Crippen molar-refractivity contribution in [2.45, 2.75) is 47.0 Å². The van der Waals surface area contributed by atoms with Crippen molar-refractivity contribution in [3.05, 3.63) is 83.8 Å². The number of aliphatic imine (C=N–C) groups is 1. The van der Waals surface area contributed by atoms with Crippen molar-refractivity contribution in [1.82, 2.24) is 10.2 Å². The van der Waals surface area contributed by atoms with E-state index in [9.17, 15) is 9.18 Å². The number of nitrogens with one attached hydrogen (secondary N) is 1. The zero-order chi connectivity index (χ0) is 27.0. The number of nitrogens with zero attached hydrogens (tertiary/aromatic N) is 2. The fourth-order valence-electron chi connectivity index (χ4n) is 2.71. The molecule has 0 radical (unpaired) electrons. The van der Waals surface area contributed by atoms with Crippen LogP contribution in [-0.4, -0.2) is 51.1 Å². The Bertz CT molecular complexity index is 848. The van der Waals surface area contributed by atoms with Crippen molar-refractivity contribution in [3.8, 4) is 11.5 Å². The molecule has 0 aliphatic rings. The van der Waals surface area contributed by atoms with Gasteiger partial charge in [-0.25, -0.2) is 4.39 Å². The number of hydrogen-bond donors (Lipinski definition) is 1. The predicted molar refractivity (Wildman–Crippen MR) is 152 cm³/mol. The summed E-state index contributed by atoms with van der Waals surface area (Å²) in [4.78, 5) is 16.3. The van der Waals surface area contributed by atoms with Crippen LogP contribution in [0.1, 0.15) is 45.6 Å². The molecule has 0 aliphatic heterocycles. The van der Waals surface area contributed by atoms with E-state index < -0.39 is 0 Å². The molecule has 0 fully saturated rings. The molecule has 0 spiro atoms. The van der Waals surface area contributed by atoms with Gasteiger partial charge in [-0.1, -0.05) is 43.5 Å². The summed E-state index contributed by atoms with van der Waals surface area (Å²) in [5, 5.41) is 3.15. The zero-order valence-corrected chi connectivity index (χ0v) is 22.8. The Morgan fingerprint density at radius 3 is 2.14 bits per heavy atom. The number of aryl methyl sites for hydroxylation is 1. The standard InChI is InChI=1S/C13H11FO.C9H22N2.C8H11NO/c1-10-2-6-12(7-3-10)15-13-8-4-11(14)5-9-13;1-4-5-6-8-11(3)9-7-10-2;1-3-8(7-10)5-6-9-4-2/h2-9H,1H3;10H,4-9H2,1-3H3;3-7H,1-2H3/b;;6-5-,8-3+,9-4?. The number of carbonyl (C=O) groups is 1. The Morgan fingerprint density at radius 2 is 1.64 bits per heavy atom. The van der Waals surface area contributed by atoms with Gasteiger partial charge in [-0.2, -0.15) is 0 Å². The SMILES string of the molecule is CC=N/C=C\C(C=O)=C/C.CCCCCN(C)CCNC.Cc1ccc(Oc2ccc(F)cc2)cc1. The lowest BCUT2D eigenvalue weighted by Crippen LogP contribution is -2.28. The van der Waals surface area contributed by atoms with Crippen LogP contribution < -0.4 is 10.1 Å². The Labute approximate surface area is 217 Å². The molecule has 0 heterocycles. The minimum absolute atomic E-state index is 0.258. The summed E-state index contributed by atoms with van der Waals surface area (Å²) in [6.07, 6.45) is 11.5. The van der Waals surface area contributed by atoms with Crippen LogP contribution >= 0.6 is 0 Å². The minimum atomic E-state index is -0.258. The van der Waals surface area contributed by atoms with Gasteiger partial charge in [-0.3, -0.25) is 9.79 Å².